The van der Waals surface area contributed by atoms with E-state index in [1.54, 1.807) is 13.2 Å². The molecule has 0 atom stereocenters. The van der Waals surface area contributed by atoms with Crippen molar-refractivity contribution >= 4 is 0 Å². The molecule has 0 unspecified atom stereocenters. The van der Waals surface area contributed by atoms with E-state index in [9.17, 15) is 4.39 Å². The summed E-state index contributed by atoms with van der Waals surface area (Å²) in [6, 6.07) is 12.4. The highest BCUT2D eigenvalue weighted by Gasteiger charge is 2.14. The third-order valence-corrected chi connectivity index (χ3v) is 4.24. The number of nitrogens with zero attached hydrogens (tertiary/aromatic N) is 3. The molecule has 0 radical (unpaired) electrons. The summed E-state index contributed by atoms with van der Waals surface area (Å²) in [6.07, 6.45) is 0. The van der Waals surface area contributed by atoms with Crippen LogP contribution in [0.1, 0.15) is 18.4 Å². The Balaban J connectivity index is 1.67. The van der Waals surface area contributed by atoms with E-state index in [1.165, 1.54) is 13.2 Å². The number of benzene rings is 2. The van der Waals surface area contributed by atoms with Crippen LogP contribution in [0.5, 0.6) is 11.5 Å². The zero-order valence-corrected chi connectivity index (χ0v) is 15.6. The van der Waals surface area contributed by atoms with Gasteiger partial charge in [-0.05, 0) is 48.5 Å². The van der Waals surface area contributed by atoms with Crippen molar-refractivity contribution in [2.75, 3.05) is 20.8 Å². The van der Waals surface area contributed by atoms with Crippen molar-refractivity contribution in [2.24, 2.45) is 0 Å². The van der Waals surface area contributed by atoms with Crippen LogP contribution in [0, 0.1) is 5.82 Å². The number of aromatic nitrogens is 2. The average molecular weight is 371 g/mol. The van der Waals surface area contributed by atoms with Crippen molar-refractivity contribution in [3.63, 3.8) is 0 Å². The second-order valence-electron chi connectivity index (χ2n) is 6.01. The maximum Gasteiger partial charge on any atom is 0.241 e. The third kappa shape index (κ3) is 4.62. The van der Waals surface area contributed by atoms with Crippen LogP contribution < -0.4 is 9.47 Å². The van der Waals surface area contributed by atoms with Gasteiger partial charge in [0.25, 0.3) is 0 Å². The minimum atomic E-state index is -0.370. The fourth-order valence-corrected chi connectivity index (χ4v) is 2.71. The molecule has 6 nitrogen and oxygen atoms in total. The molecule has 0 saturated heterocycles. The Morgan fingerprint density at radius 2 is 1.81 bits per heavy atom. The Morgan fingerprint density at radius 3 is 2.44 bits per heavy atom. The molecule has 1 heterocycles. The Labute approximate surface area is 157 Å². The lowest BCUT2D eigenvalue weighted by molar-refractivity contribution is 0.228. The summed E-state index contributed by atoms with van der Waals surface area (Å²) in [4.78, 5) is 6.55. The zero-order valence-electron chi connectivity index (χ0n) is 15.6. The highest BCUT2D eigenvalue weighted by Crippen LogP contribution is 2.21. The molecule has 0 fully saturated rings. The summed E-state index contributed by atoms with van der Waals surface area (Å²) in [5.41, 5.74) is 1.70. The molecule has 0 aliphatic carbocycles. The van der Waals surface area contributed by atoms with Gasteiger partial charge in [0, 0.05) is 12.1 Å². The van der Waals surface area contributed by atoms with Gasteiger partial charge in [0.15, 0.2) is 11.6 Å². The molecule has 0 bridgehead atoms. The second kappa shape index (κ2) is 8.64. The first-order valence-electron chi connectivity index (χ1n) is 8.64. The molecule has 0 N–H and O–H groups in total. The molecule has 0 spiro atoms. The SMILES string of the molecule is CCN(Cc1ccc(OC)c(F)c1)Cc1nc(-c2ccc(OC)cc2)no1. The fraction of sp³-hybridized carbons (Fsp3) is 0.300. The molecule has 142 valence electrons. The van der Waals surface area contributed by atoms with E-state index in [-0.39, 0.29) is 11.6 Å². The molecule has 7 heteroatoms. The van der Waals surface area contributed by atoms with Crippen LogP contribution in [0.2, 0.25) is 0 Å². The van der Waals surface area contributed by atoms with Crippen LogP contribution in [-0.2, 0) is 13.1 Å². The summed E-state index contributed by atoms with van der Waals surface area (Å²) < 4.78 is 29.4. The van der Waals surface area contributed by atoms with Gasteiger partial charge in [0.05, 0.1) is 20.8 Å². The predicted octanol–water partition coefficient (Wildman–Crippen LogP) is 3.92. The van der Waals surface area contributed by atoms with Gasteiger partial charge >= 0.3 is 0 Å². The van der Waals surface area contributed by atoms with E-state index in [1.807, 2.05) is 37.3 Å². The van der Waals surface area contributed by atoms with Gasteiger partial charge in [-0.15, -0.1) is 0 Å². The van der Waals surface area contributed by atoms with Gasteiger partial charge in [0.2, 0.25) is 11.7 Å². The maximum atomic E-state index is 13.9. The lowest BCUT2D eigenvalue weighted by Gasteiger charge is -2.18. The maximum absolute atomic E-state index is 13.9. The molecular weight excluding hydrogens is 349 g/mol. The van der Waals surface area contributed by atoms with E-state index in [0.29, 0.717) is 24.8 Å². The Hall–Kier alpha value is -2.93. The largest absolute Gasteiger partial charge is 0.497 e. The number of ether oxygens (including phenoxy) is 2. The standard InChI is InChI=1S/C20H22FN3O3/c1-4-24(12-14-5-10-18(26-3)17(21)11-14)13-19-22-20(23-27-19)15-6-8-16(25-2)9-7-15/h5-11H,4,12-13H2,1-3H3. The molecule has 1 aromatic heterocycles. The fourth-order valence-electron chi connectivity index (χ4n) is 2.71. The van der Waals surface area contributed by atoms with Gasteiger partial charge in [0.1, 0.15) is 5.75 Å². The average Bonchev–Trinajstić information content (AvgIpc) is 3.16. The molecule has 27 heavy (non-hydrogen) atoms. The smallest absolute Gasteiger partial charge is 0.241 e. The topological polar surface area (TPSA) is 60.6 Å². The summed E-state index contributed by atoms with van der Waals surface area (Å²) >= 11 is 0. The zero-order chi connectivity index (χ0) is 19.2. The van der Waals surface area contributed by atoms with E-state index in [4.69, 9.17) is 14.0 Å². The number of hydrogen-bond donors (Lipinski definition) is 0. The molecule has 0 amide bonds. The first kappa shape index (κ1) is 18.8. The van der Waals surface area contributed by atoms with Crippen molar-refractivity contribution in [2.45, 2.75) is 20.0 Å². The van der Waals surface area contributed by atoms with Crippen molar-refractivity contribution in [3.05, 3.63) is 59.7 Å². The van der Waals surface area contributed by atoms with Crippen LogP contribution in [0.15, 0.2) is 47.0 Å². The molecule has 0 aliphatic heterocycles. The van der Waals surface area contributed by atoms with E-state index < -0.39 is 0 Å². The van der Waals surface area contributed by atoms with Crippen molar-refractivity contribution < 1.29 is 18.4 Å². The quantitative estimate of drug-likeness (QED) is 0.598. The molecular formula is C20H22FN3O3. The minimum absolute atomic E-state index is 0.239. The molecule has 3 rings (SSSR count). The van der Waals surface area contributed by atoms with Gasteiger partial charge in [-0.2, -0.15) is 4.98 Å². The number of hydrogen-bond acceptors (Lipinski definition) is 6. The molecule has 0 aliphatic rings. The van der Waals surface area contributed by atoms with Crippen LogP contribution >= 0.6 is 0 Å². The van der Waals surface area contributed by atoms with Gasteiger partial charge in [-0.3, -0.25) is 4.90 Å². The molecule has 2 aromatic carbocycles. The van der Waals surface area contributed by atoms with E-state index in [0.717, 1.165) is 23.4 Å². The van der Waals surface area contributed by atoms with E-state index in [2.05, 4.69) is 15.0 Å². The first-order valence-corrected chi connectivity index (χ1v) is 8.64. The first-order chi connectivity index (χ1) is 13.1. The second-order valence-corrected chi connectivity index (χ2v) is 6.01. The number of halogens is 1. The predicted molar refractivity (Wildman–Crippen MR) is 99.0 cm³/mol. The summed E-state index contributed by atoms with van der Waals surface area (Å²) in [5.74, 6) is 1.68. The van der Waals surface area contributed by atoms with Gasteiger partial charge in [-0.25, -0.2) is 4.39 Å². The highest BCUT2D eigenvalue weighted by atomic mass is 19.1. The lowest BCUT2D eigenvalue weighted by atomic mass is 10.2. The summed E-state index contributed by atoms with van der Waals surface area (Å²) in [6.45, 7) is 3.83. The van der Waals surface area contributed by atoms with Crippen LogP contribution in [-0.4, -0.2) is 35.8 Å². The molecule has 0 saturated carbocycles. The lowest BCUT2D eigenvalue weighted by Crippen LogP contribution is -2.22. The summed E-state index contributed by atoms with van der Waals surface area (Å²) in [5, 5.41) is 4.04. The van der Waals surface area contributed by atoms with Crippen molar-refractivity contribution in [3.8, 4) is 22.9 Å². The number of rotatable bonds is 8. The van der Waals surface area contributed by atoms with E-state index >= 15 is 0 Å². The van der Waals surface area contributed by atoms with Gasteiger partial charge in [-0.1, -0.05) is 18.1 Å². The molecule has 3 aromatic rings. The number of methoxy groups -OCH3 is 2. The van der Waals surface area contributed by atoms with Crippen LogP contribution in [0.4, 0.5) is 4.39 Å². The van der Waals surface area contributed by atoms with Crippen molar-refractivity contribution in [1.29, 1.82) is 0 Å². The third-order valence-electron chi connectivity index (χ3n) is 4.24. The highest BCUT2D eigenvalue weighted by molar-refractivity contribution is 5.55. The normalized spacial score (nSPS) is 11.0. The Kier molecular flexibility index (Phi) is 6.03. The Morgan fingerprint density at radius 1 is 1.04 bits per heavy atom. The minimum Gasteiger partial charge on any atom is -0.497 e. The van der Waals surface area contributed by atoms with Crippen LogP contribution in [0.3, 0.4) is 0 Å². The monoisotopic (exact) mass is 371 g/mol. The Bertz CT molecular complexity index is 880. The van der Waals surface area contributed by atoms with Gasteiger partial charge < -0.3 is 14.0 Å². The van der Waals surface area contributed by atoms with Crippen LogP contribution in [0.25, 0.3) is 11.4 Å². The van der Waals surface area contributed by atoms with Crippen molar-refractivity contribution in [1.82, 2.24) is 15.0 Å². The summed E-state index contributed by atoms with van der Waals surface area (Å²) in [7, 11) is 3.07.